The van der Waals surface area contributed by atoms with E-state index in [4.69, 9.17) is 0 Å². The van der Waals surface area contributed by atoms with Crippen LogP contribution in [0.4, 0.5) is 5.69 Å². The van der Waals surface area contributed by atoms with E-state index in [-0.39, 0.29) is 25.0 Å². The van der Waals surface area contributed by atoms with Gasteiger partial charge < -0.3 is 10.0 Å². The van der Waals surface area contributed by atoms with Crippen LogP contribution in [0.2, 0.25) is 0 Å². The van der Waals surface area contributed by atoms with Crippen molar-refractivity contribution in [3.05, 3.63) is 69.3 Å². The van der Waals surface area contributed by atoms with E-state index in [2.05, 4.69) is 15.9 Å². The van der Waals surface area contributed by atoms with Crippen molar-refractivity contribution >= 4 is 39.0 Å². The molecule has 1 aliphatic rings. The predicted molar refractivity (Wildman–Crippen MR) is 109 cm³/mol. The Morgan fingerprint density at radius 3 is 2.26 bits per heavy atom. The summed E-state index contributed by atoms with van der Waals surface area (Å²) < 4.78 is 0.866. The number of imide groups is 1. The maximum atomic E-state index is 13.3. The van der Waals surface area contributed by atoms with Gasteiger partial charge in [0.05, 0.1) is 17.9 Å². The summed E-state index contributed by atoms with van der Waals surface area (Å²) in [5.74, 6) is -0.739. The number of carbonyl (C=O) groups is 2. The molecule has 0 atom stereocenters. The van der Waals surface area contributed by atoms with Crippen molar-refractivity contribution in [1.29, 1.82) is 0 Å². The first-order chi connectivity index (χ1) is 12.8. The van der Waals surface area contributed by atoms with Crippen molar-refractivity contribution in [2.75, 3.05) is 25.1 Å². The van der Waals surface area contributed by atoms with Gasteiger partial charge in [0, 0.05) is 18.1 Å². The fourth-order valence-corrected chi connectivity index (χ4v) is 3.38. The minimum atomic E-state index is -0.383. The highest BCUT2D eigenvalue weighted by atomic mass is 79.9. The number of likely N-dealkylation sites (N-methyl/N-ethyl adjacent to an activating group) is 1. The molecule has 5 nitrogen and oxygen atoms in total. The van der Waals surface area contributed by atoms with Crippen LogP contribution in [0.25, 0.3) is 5.57 Å². The van der Waals surface area contributed by atoms with Gasteiger partial charge in [-0.05, 0) is 54.8 Å². The Morgan fingerprint density at radius 1 is 1.00 bits per heavy atom. The quantitative estimate of drug-likeness (QED) is 0.742. The first-order valence-electron chi connectivity index (χ1n) is 8.63. The van der Waals surface area contributed by atoms with Crippen LogP contribution in [0, 0.1) is 13.8 Å². The molecule has 2 amide bonds. The molecule has 0 radical (unpaired) electrons. The largest absolute Gasteiger partial charge is 0.395 e. The minimum Gasteiger partial charge on any atom is -0.395 e. The number of aliphatic hydroxyl groups is 1. The molecule has 0 fully saturated rings. The van der Waals surface area contributed by atoms with E-state index >= 15 is 0 Å². The topological polar surface area (TPSA) is 60.9 Å². The summed E-state index contributed by atoms with van der Waals surface area (Å²) in [4.78, 5) is 29.3. The number of anilines is 1. The summed E-state index contributed by atoms with van der Waals surface area (Å²) in [6.07, 6.45) is 0. The summed E-state index contributed by atoms with van der Waals surface area (Å²) in [7, 11) is 1.71. The van der Waals surface area contributed by atoms with Crippen LogP contribution < -0.4 is 4.90 Å². The van der Waals surface area contributed by atoms with Crippen LogP contribution in [0.3, 0.4) is 0 Å². The molecule has 0 aromatic heterocycles. The molecule has 2 aromatic carbocycles. The van der Waals surface area contributed by atoms with Crippen molar-refractivity contribution in [2.45, 2.75) is 13.8 Å². The van der Waals surface area contributed by atoms with E-state index in [0.29, 0.717) is 22.5 Å². The first kappa shape index (κ1) is 19.3. The monoisotopic (exact) mass is 428 g/mol. The molecule has 1 N–H and O–H groups in total. The first-order valence-corrected chi connectivity index (χ1v) is 9.42. The molecule has 1 aliphatic heterocycles. The molecule has 140 valence electrons. The zero-order valence-corrected chi connectivity index (χ0v) is 17.1. The van der Waals surface area contributed by atoms with Gasteiger partial charge in [0.15, 0.2) is 0 Å². The van der Waals surface area contributed by atoms with Gasteiger partial charge >= 0.3 is 0 Å². The van der Waals surface area contributed by atoms with Crippen LogP contribution >= 0.6 is 15.9 Å². The molecule has 0 spiro atoms. The van der Waals surface area contributed by atoms with Crippen molar-refractivity contribution in [2.24, 2.45) is 0 Å². The molecule has 0 saturated carbocycles. The van der Waals surface area contributed by atoms with Gasteiger partial charge in [-0.3, -0.25) is 9.59 Å². The third-order valence-electron chi connectivity index (χ3n) is 4.76. The van der Waals surface area contributed by atoms with E-state index in [1.807, 2.05) is 32.0 Å². The molecule has 6 heteroatoms. The molecule has 0 saturated heterocycles. The van der Waals surface area contributed by atoms with Crippen LogP contribution in [-0.4, -0.2) is 42.0 Å². The third-order valence-corrected chi connectivity index (χ3v) is 5.29. The number of amides is 2. The van der Waals surface area contributed by atoms with Crippen LogP contribution in [-0.2, 0) is 9.59 Å². The second kappa shape index (κ2) is 7.66. The van der Waals surface area contributed by atoms with E-state index in [1.54, 1.807) is 36.2 Å². The highest BCUT2D eigenvalue weighted by Gasteiger charge is 2.41. The Kier molecular flexibility index (Phi) is 5.48. The Labute approximate surface area is 167 Å². The molecular weight excluding hydrogens is 408 g/mol. The van der Waals surface area contributed by atoms with Crippen LogP contribution in [0.15, 0.2) is 52.6 Å². The number of rotatable bonds is 5. The second-order valence-electron chi connectivity index (χ2n) is 6.59. The predicted octanol–water partition coefficient (Wildman–Crippen LogP) is 3.27. The number of aryl methyl sites for hydroxylation is 2. The summed E-state index contributed by atoms with van der Waals surface area (Å²) in [5, 5.41) is 9.32. The lowest BCUT2D eigenvalue weighted by molar-refractivity contribution is -0.120. The van der Waals surface area contributed by atoms with Gasteiger partial charge in [0.1, 0.15) is 5.70 Å². The Hall–Kier alpha value is -2.44. The van der Waals surface area contributed by atoms with E-state index in [0.717, 1.165) is 15.6 Å². The van der Waals surface area contributed by atoms with Crippen molar-refractivity contribution in [3.8, 4) is 0 Å². The normalized spacial score (nSPS) is 14.3. The molecule has 0 unspecified atom stereocenters. The molecule has 0 aliphatic carbocycles. The maximum absolute atomic E-state index is 13.3. The second-order valence-corrected chi connectivity index (χ2v) is 7.51. The molecule has 2 aromatic rings. The Bertz CT molecular complexity index is 935. The number of hydrogen-bond acceptors (Lipinski definition) is 4. The summed E-state index contributed by atoms with van der Waals surface area (Å²) in [6.45, 7) is 4.13. The lowest BCUT2D eigenvalue weighted by Crippen LogP contribution is -2.34. The van der Waals surface area contributed by atoms with Crippen molar-refractivity contribution in [1.82, 2.24) is 4.90 Å². The number of carbonyl (C=O) groups excluding carboxylic acids is 2. The van der Waals surface area contributed by atoms with Gasteiger partial charge in [0.25, 0.3) is 11.8 Å². The number of halogens is 1. The molecule has 1 heterocycles. The highest BCUT2D eigenvalue weighted by molar-refractivity contribution is 9.10. The standard InChI is InChI=1S/C21H21BrN2O3/c1-13-4-5-15(12-14(13)2)18-19(23(3)10-11-25)21(27)24(20(18)26)17-8-6-16(22)7-9-17/h4-9,12,25H,10-11H2,1-3H3. The smallest absolute Gasteiger partial charge is 0.282 e. The number of aliphatic hydroxyl groups excluding tert-OH is 1. The molecule has 3 rings (SSSR count). The zero-order valence-electron chi connectivity index (χ0n) is 15.5. The summed E-state index contributed by atoms with van der Waals surface area (Å²) in [5.41, 5.74) is 4.05. The molecule has 0 bridgehead atoms. The van der Waals surface area contributed by atoms with Gasteiger partial charge in [-0.15, -0.1) is 0 Å². The average molecular weight is 429 g/mol. The van der Waals surface area contributed by atoms with Crippen molar-refractivity contribution in [3.63, 3.8) is 0 Å². The van der Waals surface area contributed by atoms with Gasteiger partial charge in [0.2, 0.25) is 0 Å². The number of nitrogens with zero attached hydrogens (tertiary/aromatic N) is 2. The van der Waals surface area contributed by atoms with Gasteiger partial charge in [-0.2, -0.15) is 0 Å². The van der Waals surface area contributed by atoms with Crippen LogP contribution in [0.5, 0.6) is 0 Å². The maximum Gasteiger partial charge on any atom is 0.282 e. The Morgan fingerprint density at radius 2 is 1.67 bits per heavy atom. The highest BCUT2D eigenvalue weighted by Crippen LogP contribution is 2.35. The number of benzene rings is 2. The minimum absolute atomic E-state index is 0.111. The van der Waals surface area contributed by atoms with E-state index in [1.165, 1.54) is 4.90 Å². The van der Waals surface area contributed by atoms with E-state index in [9.17, 15) is 14.7 Å². The molecule has 27 heavy (non-hydrogen) atoms. The Balaban J connectivity index is 2.14. The lowest BCUT2D eigenvalue weighted by atomic mass is 9.99. The SMILES string of the molecule is Cc1ccc(C2=C(N(C)CCO)C(=O)N(c3ccc(Br)cc3)C2=O)cc1C. The number of hydrogen-bond donors (Lipinski definition) is 1. The average Bonchev–Trinajstić information content (AvgIpc) is 2.89. The van der Waals surface area contributed by atoms with Crippen LogP contribution in [0.1, 0.15) is 16.7 Å². The van der Waals surface area contributed by atoms with Gasteiger partial charge in [-0.1, -0.05) is 34.1 Å². The molecular formula is C21H21BrN2O3. The summed E-state index contributed by atoms with van der Waals surface area (Å²) in [6, 6.07) is 12.8. The van der Waals surface area contributed by atoms with Crippen molar-refractivity contribution < 1.29 is 14.7 Å². The zero-order chi connectivity index (χ0) is 19.7. The van der Waals surface area contributed by atoms with Gasteiger partial charge in [-0.25, -0.2) is 4.90 Å². The van der Waals surface area contributed by atoms with E-state index < -0.39 is 0 Å². The lowest BCUT2D eigenvalue weighted by Gasteiger charge is -2.20. The third kappa shape index (κ3) is 3.55. The fraction of sp³-hybridized carbons (Fsp3) is 0.238. The fourth-order valence-electron chi connectivity index (χ4n) is 3.12. The summed E-state index contributed by atoms with van der Waals surface area (Å²) >= 11 is 3.37.